The van der Waals surface area contributed by atoms with Gasteiger partial charge < -0.3 is 15.1 Å². The zero-order valence-electron chi connectivity index (χ0n) is 11.0. The number of aryl methyl sites for hydroxylation is 1. The Morgan fingerprint density at radius 1 is 1.44 bits per heavy atom. The van der Waals surface area contributed by atoms with Gasteiger partial charge in [0, 0.05) is 30.9 Å². The minimum Gasteiger partial charge on any atom is -0.394 e. The first-order chi connectivity index (χ1) is 8.60. The Bertz CT molecular complexity index is 407. The summed E-state index contributed by atoms with van der Waals surface area (Å²) < 4.78 is 0. The number of aromatic nitrogens is 2. The van der Waals surface area contributed by atoms with Crippen LogP contribution in [-0.4, -0.2) is 46.5 Å². The van der Waals surface area contributed by atoms with Crippen LogP contribution in [0.25, 0.3) is 0 Å². The largest absolute Gasteiger partial charge is 0.394 e. The van der Waals surface area contributed by atoms with E-state index in [1.54, 1.807) is 4.90 Å². The number of hydrogen-bond acceptors (Lipinski definition) is 5. The minimum atomic E-state index is -0.758. The van der Waals surface area contributed by atoms with E-state index in [4.69, 9.17) is 5.11 Å². The Morgan fingerprint density at radius 3 is 2.72 bits per heavy atom. The molecule has 0 spiro atoms. The van der Waals surface area contributed by atoms with Crippen molar-refractivity contribution in [3.05, 3.63) is 17.5 Å². The maximum absolute atomic E-state index is 9.45. The Morgan fingerprint density at radius 2 is 2.17 bits per heavy atom. The third-order valence-electron chi connectivity index (χ3n) is 3.42. The summed E-state index contributed by atoms with van der Waals surface area (Å²) in [5.41, 5.74) is 2.06. The highest BCUT2D eigenvalue weighted by Gasteiger charge is 2.22. The van der Waals surface area contributed by atoms with Crippen molar-refractivity contribution in [2.45, 2.75) is 38.2 Å². The summed E-state index contributed by atoms with van der Waals surface area (Å²) >= 11 is 0. The van der Waals surface area contributed by atoms with Crippen molar-refractivity contribution >= 4 is 5.95 Å². The molecule has 0 aromatic carbocycles. The Balaban J connectivity index is 2.13. The standard InChI is InChI=1S/C13H21N3O2/c1-9-6-12(10-4-3-5-10)15-13(14-9)16(2)7-11(18)8-17/h6,10-11,17-18H,3-5,7-8H2,1-2H3/t11-/m1/s1. The normalized spacial score (nSPS) is 17.3. The van der Waals surface area contributed by atoms with Crippen molar-refractivity contribution in [3.8, 4) is 0 Å². The van der Waals surface area contributed by atoms with Crippen LogP contribution in [0.3, 0.4) is 0 Å². The topological polar surface area (TPSA) is 69.5 Å². The molecular weight excluding hydrogens is 230 g/mol. The zero-order chi connectivity index (χ0) is 13.1. The average Bonchev–Trinajstić information content (AvgIpc) is 2.25. The van der Waals surface area contributed by atoms with Crippen molar-refractivity contribution in [3.63, 3.8) is 0 Å². The van der Waals surface area contributed by atoms with E-state index in [-0.39, 0.29) is 6.61 Å². The lowest BCUT2D eigenvalue weighted by Crippen LogP contribution is -2.32. The van der Waals surface area contributed by atoms with E-state index >= 15 is 0 Å². The molecule has 1 aromatic rings. The molecule has 1 aliphatic rings. The molecule has 0 amide bonds. The first-order valence-corrected chi connectivity index (χ1v) is 6.45. The number of aliphatic hydroxyl groups is 2. The molecule has 1 heterocycles. The second-order valence-electron chi connectivity index (χ2n) is 5.08. The molecule has 18 heavy (non-hydrogen) atoms. The summed E-state index contributed by atoms with van der Waals surface area (Å²) in [6, 6.07) is 2.05. The molecule has 5 nitrogen and oxygen atoms in total. The number of rotatable bonds is 5. The SMILES string of the molecule is Cc1cc(C2CCC2)nc(N(C)C[C@@H](O)CO)n1. The van der Waals surface area contributed by atoms with Gasteiger partial charge in [-0.2, -0.15) is 0 Å². The molecule has 1 atom stereocenters. The molecule has 1 saturated carbocycles. The van der Waals surface area contributed by atoms with E-state index in [1.807, 2.05) is 20.0 Å². The smallest absolute Gasteiger partial charge is 0.225 e. The van der Waals surface area contributed by atoms with E-state index in [1.165, 1.54) is 19.3 Å². The van der Waals surface area contributed by atoms with Gasteiger partial charge in [-0.1, -0.05) is 6.42 Å². The van der Waals surface area contributed by atoms with Gasteiger partial charge in [0.15, 0.2) is 0 Å². The zero-order valence-corrected chi connectivity index (χ0v) is 11.0. The summed E-state index contributed by atoms with van der Waals surface area (Å²) in [5.74, 6) is 1.20. The lowest BCUT2D eigenvalue weighted by molar-refractivity contribution is 0.101. The highest BCUT2D eigenvalue weighted by atomic mass is 16.3. The van der Waals surface area contributed by atoms with Crippen molar-refractivity contribution in [1.82, 2.24) is 9.97 Å². The predicted molar refractivity (Wildman–Crippen MR) is 69.7 cm³/mol. The number of aliphatic hydroxyl groups excluding tert-OH is 2. The highest BCUT2D eigenvalue weighted by molar-refractivity contribution is 5.32. The van der Waals surface area contributed by atoms with Crippen LogP contribution in [0.2, 0.25) is 0 Å². The van der Waals surface area contributed by atoms with Gasteiger partial charge in [0.2, 0.25) is 5.95 Å². The Hall–Kier alpha value is -1.20. The first kappa shape index (κ1) is 13.2. The summed E-state index contributed by atoms with van der Waals surface area (Å²) in [5, 5.41) is 18.3. The van der Waals surface area contributed by atoms with Gasteiger partial charge >= 0.3 is 0 Å². The third kappa shape index (κ3) is 2.97. The molecule has 2 N–H and O–H groups in total. The minimum absolute atomic E-state index is 0.244. The molecule has 2 rings (SSSR count). The quantitative estimate of drug-likeness (QED) is 0.811. The van der Waals surface area contributed by atoms with E-state index in [0.29, 0.717) is 18.4 Å². The van der Waals surface area contributed by atoms with Crippen molar-refractivity contribution < 1.29 is 10.2 Å². The van der Waals surface area contributed by atoms with Crippen molar-refractivity contribution in [2.24, 2.45) is 0 Å². The van der Waals surface area contributed by atoms with Gasteiger partial charge in [-0.15, -0.1) is 0 Å². The van der Waals surface area contributed by atoms with Gasteiger partial charge in [0.25, 0.3) is 0 Å². The van der Waals surface area contributed by atoms with Crippen LogP contribution in [0.1, 0.15) is 36.6 Å². The molecular formula is C13H21N3O2. The monoisotopic (exact) mass is 251 g/mol. The Labute approximate surface area is 107 Å². The number of hydrogen-bond donors (Lipinski definition) is 2. The van der Waals surface area contributed by atoms with Crippen molar-refractivity contribution in [2.75, 3.05) is 25.1 Å². The van der Waals surface area contributed by atoms with Gasteiger partial charge in [-0.3, -0.25) is 0 Å². The van der Waals surface area contributed by atoms with E-state index in [2.05, 4.69) is 9.97 Å². The second-order valence-corrected chi connectivity index (χ2v) is 5.08. The highest BCUT2D eigenvalue weighted by Crippen LogP contribution is 2.35. The lowest BCUT2D eigenvalue weighted by Gasteiger charge is -2.27. The molecule has 0 bridgehead atoms. The fraction of sp³-hybridized carbons (Fsp3) is 0.692. The van der Waals surface area contributed by atoms with Crippen molar-refractivity contribution in [1.29, 1.82) is 0 Å². The van der Waals surface area contributed by atoms with Crippen LogP contribution < -0.4 is 4.90 Å². The van der Waals surface area contributed by atoms with Crippen LogP contribution >= 0.6 is 0 Å². The van der Waals surface area contributed by atoms with Crippen LogP contribution in [0, 0.1) is 6.92 Å². The van der Waals surface area contributed by atoms with Crippen LogP contribution in [-0.2, 0) is 0 Å². The Kier molecular flexibility index (Phi) is 4.14. The van der Waals surface area contributed by atoms with Gasteiger partial charge in [0.05, 0.1) is 12.7 Å². The second kappa shape index (κ2) is 5.63. The van der Waals surface area contributed by atoms with Gasteiger partial charge in [-0.05, 0) is 25.8 Å². The fourth-order valence-corrected chi connectivity index (χ4v) is 2.12. The molecule has 1 aromatic heterocycles. The maximum atomic E-state index is 9.45. The number of nitrogens with zero attached hydrogens (tertiary/aromatic N) is 3. The first-order valence-electron chi connectivity index (χ1n) is 6.45. The molecule has 0 aliphatic heterocycles. The predicted octanol–water partition coefficient (Wildman–Crippen LogP) is 0.842. The van der Waals surface area contributed by atoms with E-state index in [0.717, 1.165) is 11.4 Å². The van der Waals surface area contributed by atoms with Gasteiger partial charge in [0.1, 0.15) is 0 Å². The fourth-order valence-electron chi connectivity index (χ4n) is 2.12. The molecule has 0 saturated heterocycles. The molecule has 1 fully saturated rings. The lowest BCUT2D eigenvalue weighted by atomic mass is 9.83. The average molecular weight is 251 g/mol. The van der Waals surface area contributed by atoms with Crippen LogP contribution in [0.4, 0.5) is 5.95 Å². The molecule has 0 unspecified atom stereocenters. The summed E-state index contributed by atoms with van der Waals surface area (Å²) in [7, 11) is 1.83. The van der Waals surface area contributed by atoms with Gasteiger partial charge in [-0.25, -0.2) is 9.97 Å². The molecule has 0 radical (unpaired) electrons. The number of anilines is 1. The van der Waals surface area contributed by atoms with Crippen LogP contribution in [0.5, 0.6) is 0 Å². The summed E-state index contributed by atoms with van der Waals surface area (Å²) in [6.07, 6.45) is 2.94. The number of likely N-dealkylation sites (N-methyl/N-ethyl adjacent to an activating group) is 1. The third-order valence-corrected chi connectivity index (χ3v) is 3.42. The van der Waals surface area contributed by atoms with E-state index in [9.17, 15) is 5.11 Å². The maximum Gasteiger partial charge on any atom is 0.225 e. The summed E-state index contributed by atoms with van der Waals surface area (Å²) in [6.45, 7) is 2.05. The molecule has 100 valence electrons. The molecule has 5 heteroatoms. The van der Waals surface area contributed by atoms with E-state index < -0.39 is 6.10 Å². The van der Waals surface area contributed by atoms with Crippen LogP contribution in [0.15, 0.2) is 6.07 Å². The summed E-state index contributed by atoms with van der Waals surface area (Å²) in [4.78, 5) is 10.7. The molecule has 1 aliphatic carbocycles.